The van der Waals surface area contributed by atoms with Crippen LogP contribution in [0.4, 0.5) is 43.9 Å². The number of carboxylic acids is 1. The average Bonchev–Trinajstić information content (AvgIpc) is 2.13. The molecule has 0 radical (unpaired) electrons. The highest BCUT2D eigenvalue weighted by atomic mass is 19.4. The molecular weight excluding hydrogens is 294 g/mol. The van der Waals surface area contributed by atoms with Crippen LogP contribution >= 0.6 is 0 Å². The van der Waals surface area contributed by atoms with Gasteiger partial charge in [-0.05, 0) is 0 Å². The highest BCUT2D eigenvalue weighted by Gasteiger charge is 2.80. The lowest BCUT2D eigenvalue weighted by atomic mass is 10.0. The van der Waals surface area contributed by atoms with Gasteiger partial charge >= 0.3 is 29.9 Å². The fourth-order valence-electron chi connectivity index (χ4n) is 0.684. The summed E-state index contributed by atoms with van der Waals surface area (Å²) in [5.41, 5.74) is 0. The summed E-state index contributed by atoms with van der Waals surface area (Å²) in [5.74, 6) is -23.8. The highest BCUT2D eigenvalue weighted by Crippen LogP contribution is 2.51. The number of hydrogen-bond donors (Lipinski definition) is 1. The van der Waals surface area contributed by atoms with E-state index in [2.05, 4.69) is 0 Å². The quantitative estimate of drug-likeness (QED) is 0.810. The Hall–Kier alpha value is -1.23. The minimum Gasteiger partial charge on any atom is -0.477 e. The number of aliphatic carboxylic acids is 1. The van der Waals surface area contributed by atoms with Crippen LogP contribution in [0.25, 0.3) is 0 Å². The van der Waals surface area contributed by atoms with Gasteiger partial charge in [0.15, 0.2) is 0 Å². The molecule has 0 aromatic rings. The smallest absolute Gasteiger partial charge is 0.459 e. The molecule has 0 aliphatic rings. The summed E-state index contributed by atoms with van der Waals surface area (Å²) in [6, 6.07) is 0. The van der Waals surface area contributed by atoms with E-state index < -0.39 is 36.1 Å². The van der Waals surface area contributed by atoms with Gasteiger partial charge < -0.3 is 5.11 Å². The Bertz CT molecular complexity index is 332. The summed E-state index contributed by atoms with van der Waals surface area (Å²) in [4.78, 5) is 9.64. The molecule has 18 heavy (non-hydrogen) atoms. The molecule has 0 amide bonds. The molecule has 0 aromatic heterocycles. The van der Waals surface area contributed by atoms with Crippen LogP contribution in [-0.4, -0.2) is 41.2 Å². The zero-order valence-electron chi connectivity index (χ0n) is 7.71. The molecule has 0 spiro atoms. The number of carboxylic acid groups (broad SMARTS) is 1. The van der Waals surface area contributed by atoms with Gasteiger partial charge in [0.2, 0.25) is 6.17 Å². The van der Waals surface area contributed by atoms with Gasteiger partial charge in [0, 0.05) is 0 Å². The molecule has 12 heteroatoms. The predicted molar refractivity (Wildman–Crippen MR) is 33.4 cm³/mol. The van der Waals surface area contributed by atoms with Crippen LogP contribution in [-0.2, 0) is 4.79 Å². The molecule has 0 saturated carbocycles. The fourth-order valence-corrected chi connectivity index (χ4v) is 0.684. The zero-order chi connectivity index (χ0) is 15.2. The Kier molecular flexibility index (Phi) is 3.87. The highest BCUT2D eigenvalue weighted by molar-refractivity contribution is 5.76. The first-order valence-electron chi connectivity index (χ1n) is 3.67. The maximum absolute atomic E-state index is 12.4. The molecule has 1 N–H and O–H groups in total. The molecule has 1 atom stereocenters. The van der Waals surface area contributed by atoms with Crippen molar-refractivity contribution in [3.05, 3.63) is 0 Å². The van der Waals surface area contributed by atoms with E-state index in [1.165, 1.54) is 0 Å². The normalized spacial score (nSPS) is 16.6. The molecule has 0 rings (SSSR count). The first-order valence-corrected chi connectivity index (χ1v) is 3.67. The van der Waals surface area contributed by atoms with E-state index in [-0.39, 0.29) is 0 Å². The lowest BCUT2D eigenvalue weighted by Gasteiger charge is -2.32. The van der Waals surface area contributed by atoms with E-state index in [0.717, 1.165) is 0 Å². The summed E-state index contributed by atoms with van der Waals surface area (Å²) in [5, 5.41) is 7.59. The number of halogens is 10. The molecule has 0 saturated heterocycles. The maximum atomic E-state index is 12.4. The van der Waals surface area contributed by atoms with Crippen LogP contribution in [0, 0.1) is 0 Å². The van der Waals surface area contributed by atoms with Gasteiger partial charge in [0.25, 0.3) is 0 Å². The molecule has 0 bridgehead atoms. The largest absolute Gasteiger partial charge is 0.477 e. The van der Waals surface area contributed by atoms with Crippen molar-refractivity contribution in [3.63, 3.8) is 0 Å². The SMILES string of the molecule is O=C(O)C(F)(F)C(F)C(F)(F)C(F)(F)C(F)(F)F. The van der Waals surface area contributed by atoms with Gasteiger partial charge in [-0.2, -0.15) is 39.5 Å². The van der Waals surface area contributed by atoms with Gasteiger partial charge in [-0.3, -0.25) is 0 Å². The fraction of sp³-hybridized carbons (Fsp3) is 0.833. The third kappa shape index (κ3) is 2.32. The summed E-state index contributed by atoms with van der Waals surface area (Å²) >= 11 is 0. The van der Waals surface area contributed by atoms with Crippen molar-refractivity contribution in [1.29, 1.82) is 0 Å². The second-order valence-corrected chi connectivity index (χ2v) is 2.99. The first-order chi connectivity index (χ1) is 7.60. The van der Waals surface area contributed by atoms with Gasteiger partial charge in [-0.15, -0.1) is 0 Å². The van der Waals surface area contributed by atoms with Crippen molar-refractivity contribution >= 4 is 5.97 Å². The summed E-state index contributed by atoms with van der Waals surface area (Å²) in [6.45, 7) is 0. The van der Waals surface area contributed by atoms with Crippen LogP contribution in [0.15, 0.2) is 0 Å². The summed E-state index contributed by atoms with van der Waals surface area (Å²) in [6.07, 6.45) is -12.6. The van der Waals surface area contributed by atoms with Crippen molar-refractivity contribution in [1.82, 2.24) is 0 Å². The van der Waals surface area contributed by atoms with E-state index in [1.807, 2.05) is 0 Å². The summed E-state index contributed by atoms with van der Waals surface area (Å²) in [7, 11) is 0. The molecule has 0 fully saturated rings. The Balaban J connectivity index is 5.60. The zero-order valence-corrected chi connectivity index (χ0v) is 7.71. The second-order valence-electron chi connectivity index (χ2n) is 2.99. The minimum absolute atomic E-state index is 3.60. The Morgan fingerprint density at radius 1 is 0.889 bits per heavy atom. The van der Waals surface area contributed by atoms with Crippen LogP contribution in [0.5, 0.6) is 0 Å². The van der Waals surface area contributed by atoms with Gasteiger partial charge in [-0.1, -0.05) is 0 Å². The van der Waals surface area contributed by atoms with Gasteiger partial charge in [0.1, 0.15) is 0 Å². The maximum Gasteiger partial charge on any atom is 0.459 e. The van der Waals surface area contributed by atoms with E-state index in [1.54, 1.807) is 0 Å². The molecule has 2 nitrogen and oxygen atoms in total. The molecule has 0 aromatic carbocycles. The van der Waals surface area contributed by atoms with E-state index >= 15 is 0 Å². The Labute approximate surface area is 91.2 Å². The number of hydrogen-bond acceptors (Lipinski definition) is 1. The third-order valence-electron chi connectivity index (χ3n) is 1.70. The van der Waals surface area contributed by atoms with Crippen LogP contribution in [0.1, 0.15) is 0 Å². The van der Waals surface area contributed by atoms with Crippen LogP contribution in [0.2, 0.25) is 0 Å². The van der Waals surface area contributed by atoms with Crippen molar-refractivity contribution in [2.24, 2.45) is 0 Å². The molecular formula is C6H2F10O2. The van der Waals surface area contributed by atoms with E-state index in [9.17, 15) is 48.7 Å². The minimum atomic E-state index is -7.15. The molecule has 1 unspecified atom stereocenters. The standard InChI is InChI=1S/C6H2F10O2/c7-1(3(8,9)2(17)18)4(10,11)5(12,13)6(14,15)16/h1H,(H,17,18). The second kappa shape index (κ2) is 4.16. The van der Waals surface area contributed by atoms with Crippen molar-refractivity contribution in [2.75, 3.05) is 0 Å². The molecule has 0 aliphatic carbocycles. The van der Waals surface area contributed by atoms with Crippen LogP contribution in [0.3, 0.4) is 0 Å². The average molecular weight is 296 g/mol. The van der Waals surface area contributed by atoms with Gasteiger partial charge in [-0.25, -0.2) is 9.18 Å². The topological polar surface area (TPSA) is 37.3 Å². The van der Waals surface area contributed by atoms with Gasteiger partial charge in [0.05, 0.1) is 0 Å². The Morgan fingerprint density at radius 3 is 1.44 bits per heavy atom. The number of alkyl halides is 10. The molecule has 0 aliphatic heterocycles. The Morgan fingerprint density at radius 2 is 1.22 bits per heavy atom. The lowest BCUT2D eigenvalue weighted by molar-refractivity contribution is -0.375. The van der Waals surface area contributed by atoms with E-state index in [0.29, 0.717) is 0 Å². The van der Waals surface area contributed by atoms with E-state index in [4.69, 9.17) is 5.11 Å². The van der Waals surface area contributed by atoms with Crippen molar-refractivity contribution in [2.45, 2.75) is 30.1 Å². The number of rotatable bonds is 4. The summed E-state index contributed by atoms with van der Waals surface area (Å²) < 4.78 is 120. The van der Waals surface area contributed by atoms with Crippen LogP contribution < -0.4 is 0 Å². The number of carbonyl (C=O) groups is 1. The third-order valence-corrected chi connectivity index (χ3v) is 1.70. The molecule has 108 valence electrons. The monoisotopic (exact) mass is 296 g/mol. The lowest BCUT2D eigenvalue weighted by Crippen LogP contribution is -2.62. The predicted octanol–water partition coefficient (Wildman–Crippen LogP) is 2.88. The first kappa shape index (κ1) is 16.8. The molecule has 0 heterocycles. The van der Waals surface area contributed by atoms with Crippen molar-refractivity contribution < 1.29 is 53.8 Å². The van der Waals surface area contributed by atoms with Crippen molar-refractivity contribution in [3.8, 4) is 0 Å².